The third-order valence-corrected chi connectivity index (χ3v) is 4.95. The normalized spacial score (nSPS) is 10.7. The zero-order valence-corrected chi connectivity index (χ0v) is 16.6. The highest BCUT2D eigenvalue weighted by Gasteiger charge is 2.13. The van der Waals surface area contributed by atoms with Gasteiger partial charge < -0.3 is 4.74 Å². The van der Waals surface area contributed by atoms with Gasteiger partial charge in [-0.05, 0) is 28.8 Å². The topological polar surface area (TPSA) is 44.1 Å². The van der Waals surface area contributed by atoms with Gasteiger partial charge in [0, 0.05) is 19.7 Å². The number of hydrogen-bond acceptors (Lipinski definition) is 3. The number of nitrogens with zero attached hydrogens (tertiary/aromatic N) is 2. The van der Waals surface area contributed by atoms with Gasteiger partial charge in [0.1, 0.15) is 12.4 Å². The standard InChI is InChI=1S/C25H21FN2O2/c1-28-24(14-18-8-4-2-5-9-18)27-16-21(25(28)29)20-12-13-23(22(26)15-20)30-17-19-10-6-3-7-11-19/h2-13,15-16H,14,17H2,1H3. The number of rotatable bonds is 6. The van der Waals surface area contributed by atoms with E-state index in [1.807, 2.05) is 60.7 Å². The molecule has 0 saturated carbocycles. The van der Waals surface area contributed by atoms with E-state index in [-0.39, 0.29) is 17.9 Å². The first-order valence-corrected chi connectivity index (χ1v) is 9.67. The number of ether oxygens (including phenoxy) is 1. The first-order valence-electron chi connectivity index (χ1n) is 9.67. The molecule has 1 heterocycles. The predicted octanol–water partition coefficient (Wildman–Crippen LogP) is 4.76. The maximum atomic E-state index is 14.6. The molecule has 150 valence electrons. The molecule has 0 aliphatic rings. The molecule has 0 saturated heterocycles. The molecule has 0 aliphatic heterocycles. The molecule has 4 rings (SSSR count). The van der Waals surface area contributed by atoms with Crippen molar-refractivity contribution < 1.29 is 9.13 Å². The van der Waals surface area contributed by atoms with E-state index in [0.29, 0.717) is 23.4 Å². The Labute approximate surface area is 174 Å². The van der Waals surface area contributed by atoms with Crippen LogP contribution in [0.25, 0.3) is 11.1 Å². The maximum absolute atomic E-state index is 14.6. The Kier molecular flexibility index (Phi) is 5.70. The van der Waals surface area contributed by atoms with Crippen LogP contribution in [0.2, 0.25) is 0 Å². The van der Waals surface area contributed by atoms with E-state index in [0.717, 1.165) is 11.1 Å². The molecule has 1 aromatic heterocycles. The second kappa shape index (κ2) is 8.74. The van der Waals surface area contributed by atoms with Crippen molar-refractivity contribution in [3.05, 3.63) is 118 Å². The Morgan fingerprint density at radius 2 is 1.60 bits per heavy atom. The summed E-state index contributed by atoms with van der Waals surface area (Å²) in [5.41, 5.74) is 2.63. The Morgan fingerprint density at radius 3 is 2.27 bits per heavy atom. The van der Waals surface area contributed by atoms with Crippen LogP contribution in [0.1, 0.15) is 17.0 Å². The molecule has 4 nitrogen and oxygen atoms in total. The number of aromatic nitrogens is 2. The SMILES string of the molecule is Cn1c(Cc2ccccc2)ncc(-c2ccc(OCc3ccccc3)c(F)c2)c1=O. The highest BCUT2D eigenvalue weighted by atomic mass is 19.1. The third-order valence-electron chi connectivity index (χ3n) is 4.95. The van der Waals surface area contributed by atoms with E-state index >= 15 is 0 Å². The zero-order valence-electron chi connectivity index (χ0n) is 16.6. The van der Waals surface area contributed by atoms with E-state index < -0.39 is 5.82 Å². The van der Waals surface area contributed by atoms with Crippen LogP contribution in [0.15, 0.2) is 89.9 Å². The van der Waals surface area contributed by atoms with E-state index in [9.17, 15) is 9.18 Å². The fraction of sp³-hybridized carbons (Fsp3) is 0.120. The molecule has 0 fully saturated rings. The molecule has 0 bridgehead atoms. The van der Waals surface area contributed by atoms with Crippen molar-refractivity contribution in [2.75, 3.05) is 0 Å². The Morgan fingerprint density at radius 1 is 0.933 bits per heavy atom. The van der Waals surface area contributed by atoms with Gasteiger partial charge in [0.25, 0.3) is 5.56 Å². The molecule has 4 aromatic rings. The monoisotopic (exact) mass is 400 g/mol. The lowest BCUT2D eigenvalue weighted by Crippen LogP contribution is -2.23. The molecule has 0 atom stereocenters. The summed E-state index contributed by atoms with van der Waals surface area (Å²) in [4.78, 5) is 17.3. The lowest BCUT2D eigenvalue weighted by atomic mass is 10.1. The van der Waals surface area contributed by atoms with Crippen LogP contribution < -0.4 is 10.3 Å². The molecule has 0 spiro atoms. The lowest BCUT2D eigenvalue weighted by molar-refractivity contribution is 0.290. The van der Waals surface area contributed by atoms with Crippen molar-refractivity contribution in [3.8, 4) is 16.9 Å². The van der Waals surface area contributed by atoms with Crippen molar-refractivity contribution in [2.24, 2.45) is 7.05 Å². The summed E-state index contributed by atoms with van der Waals surface area (Å²) in [5, 5.41) is 0. The van der Waals surface area contributed by atoms with E-state index in [1.54, 1.807) is 19.2 Å². The Balaban J connectivity index is 1.55. The molecular formula is C25H21FN2O2. The second-order valence-corrected chi connectivity index (χ2v) is 7.03. The van der Waals surface area contributed by atoms with Crippen LogP contribution in [0.4, 0.5) is 4.39 Å². The largest absolute Gasteiger partial charge is 0.486 e. The molecule has 0 amide bonds. The van der Waals surface area contributed by atoms with Crippen LogP contribution in [-0.2, 0) is 20.1 Å². The summed E-state index contributed by atoms with van der Waals surface area (Å²) in [6.45, 7) is 0.272. The highest BCUT2D eigenvalue weighted by Crippen LogP contribution is 2.24. The van der Waals surface area contributed by atoms with Crippen LogP contribution in [0, 0.1) is 5.82 Å². The van der Waals surface area contributed by atoms with Crippen LogP contribution in [0.5, 0.6) is 5.75 Å². The van der Waals surface area contributed by atoms with Crippen molar-refractivity contribution in [3.63, 3.8) is 0 Å². The smallest absolute Gasteiger partial charge is 0.261 e. The number of benzene rings is 3. The number of halogens is 1. The highest BCUT2D eigenvalue weighted by molar-refractivity contribution is 5.62. The zero-order chi connectivity index (χ0) is 20.9. The van der Waals surface area contributed by atoms with Crippen molar-refractivity contribution in [1.29, 1.82) is 0 Å². The fourth-order valence-electron chi connectivity index (χ4n) is 3.24. The minimum Gasteiger partial charge on any atom is -0.486 e. The van der Waals surface area contributed by atoms with Crippen LogP contribution >= 0.6 is 0 Å². The molecule has 0 radical (unpaired) electrons. The summed E-state index contributed by atoms with van der Waals surface area (Å²) < 4.78 is 21.7. The van der Waals surface area contributed by atoms with Gasteiger partial charge in [0.15, 0.2) is 11.6 Å². The lowest BCUT2D eigenvalue weighted by Gasteiger charge is -2.11. The van der Waals surface area contributed by atoms with E-state index in [2.05, 4.69) is 4.98 Å². The summed E-state index contributed by atoms with van der Waals surface area (Å²) in [6, 6.07) is 23.9. The van der Waals surface area contributed by atoms with Gasteiger partial charge in [-0.2, -0.15) is 0 Å². The molecule has 0 aliphatic carbocycles. The van der Waals surface area contributed by atoms with Gasteiger partial charge in [-0.25, -0.2) is 9.37 Å². The van der Waals surface area contributed by atoms with Crippen LogP contribution in [-0.4, -0.2) is 9.55 Å². The average Bonchev–Trinajstić information content (AvgIpc) is 2.78. The van der Waals surface area contributed by atoms with Gasteiger partial charge in [-0.15, -0.1) is 0 Å². The van der Waals surface area contributed by atoms with Gasteiger partial charge in [0.2, 0.25) is 0 Å². The fourth-order valence-corrected chi connectivity index (χ4v) is 3.24. The first-order chi connectivity index (χ1) is 14.6. The minimum atomic E-state index is -0.515. The van der Waals surface area contributed by atoms with E-state index in [4.69, 9.17) is 4.74 Å². The predicted molar refractivity (Wildman–Crippen MR) is 115 cm³/mol. The molecular weight excluding hydrogens is 379 g/mol. The van der Waals surface area contributed by atoms with Gasteiger partial charge in [-0.3, -0.25) is 9.36 Å². The summed E-state index contributed by atoms with van der Waals surface area (Å²) in [7, 11) is 1.69. The van der Waals surface area contributed by atoms with Gasteiger partial charge in [-0.1, -0.05) is 66.7 Å². The Hall–Kier alpha value is -3.73. The molecule has 0 N–H and O–H groups in total. The minimum absolute atomic E-state index is 0.146. The van der Waals surface area contributed by atoms with Crippen LogP contribution in [0.3, 0.4) is 0 Å². The second-order valence-electron chi connectivity index (χ2n) is 7.03. The Bertz CT molecular complexity index is 1210. The van der Waals surface area contributed by atoms with E-state index in [1.165, 1.54) is 16.8 Å². The van der Waals surface area contributed by atoms with Crippen molar-refractivity contribution in [2.45, 2.75) is 13.0 Å². The first kappa shape index (κ1) is 19.6. The van der Waals surface area contributed by atoms with Gasteiger partial charge >= 0.3 is 0 Å². The average molecular weight is 400 g/mol. The quantitative estimate of drug-likeness (QED) is 0.469. The van der Waals surface area contributed by atoms with Crippen molar-refractivity contribution in [1.82, 2.24) is 9.55 Å². The third kappa shape index (κ3) is 4.30. The summed E-state index contributed by atoms with van der Waals surface area (Å²) in [6.07, 6.45) is 2.06. The summed E-state index contributed by atoms with van der Waals surface area (Å²) in [5.74, 6) is 0.283. The van der Waals surface area contributed by atoms with Crippen molar-refractivity contribution >= 4 is 0 Å². The number of hydrogen-bond donors (Lipinski definition) is 0. The summed E-state index contributed by atoms with van der Waals surface area (Å²) >= 11 is 0. The molecule has 3 aromatic carbocycles. The molecule has 5 heteroatoms. The van der Waals surface area contributed by atoms with Gasteiger partial charge in [0.05, 0.1) is 5.56 Å². The molecule has 30 heavy (non-hydrogen) atoms. The maximum Gasteiger partial charge on any atom is 0.261 e. The molecule has 0 unspecified atom stereocenters.